The predicted octanol–water partition coefficient (Wildman–Crippen LogP) is 4.70. The second kappa shape index (κ2) is 25.2. The van der Waals surface area contributed by atoms with Gasteiger partial charge in [-0.2, -0.15) is 0 Å². The van der Waals surface area contributed by atoms with E-state index < -0.39 is 161 Å². The van der Waals surface area contributed by atoms with Crippen molar-refractivity contribution < 1.29 is 89.0 Å². The molecule has 28 heteroatoms. The Balaban J connectivity index is 0.000000287. The van der Waals surface area contributed by atoms with E-state index in [2.05, 4.69) is 0 Å². The lowest BCUT2D eigenvalue weighted by Crippen LogP contribution is -2.47. The van der Waals surface area contributed by atoms with Gasteiger partial charge in [0.2, 0.25) is 11.3 Å². The van der Waals surface area contributed by atoms with E-state index in [1.165, 1.54) is 62.4 Å². The number of aromatic amines is 2. The summed E-state index contributed by atoms with van der Waals surface area (Å²) in [5, 5.41) is 21.2. The molecule has 12 atom stereocenters. The van der Waals surface area contributed by atoms with Crippen LogP contribution < -0.4 is 31.5 Å². The van der Waals surface area contributed by atoms with Crippen LogP contribution in [0.2, 0.25) is 0 Å². The Hall–Kier alpha value is -5.72. The van der Waals surface area contributed by atoms with Gasteiger partial charge in [-0.3, -0.25) is 47.3 Å². The quantitative estimate of drug-likeness (QED) is 0.0471. The summed E-state index contributed by atoms with van der Waals surface area (Å²) in [4.78, 5) is 75.6. The number of hydrogen-bond donors (Lipinski definition) is 4. The fourth-order valence-electron chi connectivity index (χ4n) is 6.99. The first kappa shape index (κ1) is 53.1. The fourth-order valence-corrected chi connectivity index (χ4v) is 10.4. The number of carbonyl (C=O) groups excluding carboxylic acids is 2. The van der Waals surface area contributed by atoms with Crippen molar-refractivity contribution in [3.8, 4) is 11.5 Å². The first-order valence-electron chi connectivity index (χ1n) is 24.5. The number of ether oxygens (including phenoxy) is 4. The number of H-pyrrole nitrogens is 2. The van der Waals surface area contributed by atoms with Gasteiger partial charge in [0.1, 0.15) is 49.3 Å². The molecule has 22 nitrogen and oxygen atoms in total. The van der Waals surface area contributed by atoms with Gasteiger partial charge in [0.05, 0.1) is 55.0 Å². The van der Waals surface area contributed by atoms with Crippen molar-refractivity contribution >= 4 is 27.1 Å². The van der Waals surface area contributed by atoms with Crippen molar-refractivity contribution in [2.45, 2.75) is 102 Å². The van der Waals surface area contributed by atoms with Gasteiger partial charge in [-0.15, -0.1) is 0 Å². The molecule has 2 saturated heterocycles. The van der Waals surface area contributed by atoms with Crippen LogP contribution in [0, 0.1) is 11.8 Å². The maximum absolute atomic E-state index is 15.7. The van der Waals surface area contributed by atoms with Crippen molar-refractivity contribution in [2.24, 2.45) is 11.8 Å². The Bertz CT molecular complexity index is 2850. The Labute approximate surface area is 425 Å². The van der Waals surface area contributed by atoms with Crippen molar-refractivity contribution in [3.63, 3.8) is 0 Å². The largest absolute Gasteiger partial charge is 0.463 e. The zero-order valence-electron chi connectivity index (χ0n) is 44.4. The average molecular weight is 1100 g/mol. The number of carbonyl (C=O) groups is 2. The first-order valence-corrected chi connectivity index (χ1v) is 26.0. The van der Waals surface area contributed by atoms with Crippen LogP contribution in [0.15, 0.2) is 104 Å². The number of halogens is 4. The predicted molar refractivity (Wildman–Crippen MR) is 254 cm³/mol. The molecule has 4 N–H and O–H groups in total. The lowest BCUT2D eigenvalue weighted by atomic mass is 9.97. The van der Waals surface area contributed by atoms with Gasteiger partial charge in [0, 0.05) is 24.5 Å². The van der Waals surface area contributed by atoms with E-state index in [0.717, 1.165) is 24.5 Å². The molecule has 0 radical (unpaired) electrons. The summed E-state index contributed by atoms with van der Waals surface area (Å²) in [6.07, 6.45) is -15.1. The third kappa shape index (κ3) is 14.8. The van der Waals surface area contributed by atoms with E-state index in [4.69, 9.17) is 42.5 Å². The molecule has 2 fully saturated rings. The minimum Gasteiger partial charge on any atom is -0.463 e. The highest BCUT2D eigenvalue weighted by atomic mass is 31.2. The van der Waals surface area contributed by atoms with Crippen LogP contribution in [0.1, 0.15) is 59.5 Å². The van der Waals surface area contributed by atoms with E-state index in [9.17, 15) is 56.9 Å². The summed E-state index contributed by atoms with van der Waals surface area (Å²) >= 11 is 0. The third-order valence-corrected chi connectivity index (χ3v) is 14.4. The monoisotopic (exact) mass is 1100 g/mol. The minimum absolute atomic E-state index is 0.0183. The van der Waals surface area contributed by atoms with E-state index in [-0.39, 0.29) is 11.5 Å². The molecule has 2 aliphatic rings. The van der Waals surface area contributed by atoms with Gasteiger partial charge in [-0.05, 0) is 52.0 Å². The number of aliphatic hydroxyl groups is 2. The molecule has 2 aliphatic heterocycles. The van der Waals surface area contributed by atoms with E-state index in [0.29, 0.717) is 9.13 Å². The summed E-state index contributed by atoms with van der Waals surface area (Å²) in [5.41, 5.74) is -10.9. The van der Waals surface area contributed by atoms with Gasteiger partial charge in [0.15, 0.2) is 12.5 Å². The number of esters is 2. The van der Waals surface area contributed by atoms with Gasteiger partial charge < -0.3 is 38.2 Å². The number of aliphatic hydroxyl groups excluding tert-OH is 2. The highest BCUT2D eigenvalue weighted by Crippen LogP contribution is 2.53. The molecular formula is C46H58F4N4O18P2. The van der Waals surface area contributed by atoms with Crippen molar-refractivity contribution in [2.75, 3.05) is 38.8 Å². The second-order valence-corrected chi connectivity index (χ2v) is 21.4. The second-order valence-electron chi connectivity index (χ2n) is 17.5. The molecule has 0 bridgehead atoms. The summed E-state index contributed by atoms with van der Waals surface area (Å²) in [6.45, 7) is -1.42. The van der Waals surface area contributed by atoms with Crippen molar-refractivity contribution in [3.05, 3.63) is 127 Å². The van der Waals surface area contributed by atoms with Crippen molar-refractivity contribution in [1.29, 1.82) is 0 Å². The van der Waals surface area contributed by atoms with Crippen LogP contribution in [0.25, 0.3) is 0 Å². The van der Waals surface area contributed by atoms with E-state index >= 15 is 8.78 Å². The Morgan fingerprint density at radius 2 is 0.986 bits per heavy atom. The van der Waals surface area contributed by atoms with Crippen LogP contribution in [0.4, 0.5) is 17.6 Å². The molecule has 408 valence electrons. The van der Waals surface area contributed by atoms with Crippen LogP contribution in [0.5, 0.6) is 11.5 Å². The average Bonchev–Trinajstić information content (AvgIpc) is 3.78. The Kier molecular flexibility index (Phi) is 18.1. The van der Waals surface area contributed by atoms with Crippen LogP contribution >= 0.6 is 15.2 Å². The molecular weight excluding hydrogens is 1030 g/mol. The zero-order chi connectivity index (χ0) is 58.3. The minimum atomic E-state index is -4.65. The standard InChI is InChI=1S/2C23H29F2N2O9P/c2*1-14(2)34-20(30)15(3)12-37(32,36-16-7-5-4-6-8-16)33-11-17-19(29)23(25,13-24)21(35-17)27-10-9-18(28)26-22(27)31/h2*4-10,14-15,17,19,21,29H,11-13H2,1-3H3,(H,26,28,31)/t15-,17-,19+,21-,23?,37?;15-,17-,19+,21-,23?,37+/m11/s1/i2*11D2. The molecule has 3 unspecified atom stereocenters. The number of rotatable bonds is 22. The molecule has 2 aromatic carbocycles. The fraction of sp³-hybridized carbons (Fsp3) is 0.522. The maximum Gasteiger partial charge on any atom is 0.380 e. The van der Waals surface area contributed by atoms with Gasteiger partial charge in [0.25, 0.3) is 11.1 Å². The number of aromatic nitrogens is 4. The molecule has 0 amide bonds. The summed E-state index contributed by atoms with van der Waals surface area (Å²) in [5.74, 6) is -3.83. The van der Waals surface area contributed by atoms with Crippen LogP contribution in [0.3, 0.4) is 0 Å². The third-order valence-electron chi connectivity index (χ3n) is 10.6. The Morgan fingerprint density at radius 3 is 1.28 bits per heavy atom. The molecule has 6 rings (SSSR count). The number of hydrogen-bond acceptors (Lipinski definition) is 18. The molecule has 4 aromatic rings. The maximum atomic E-state index is 15.7. The molecule has 74 heavy (non-hydrogen) atoms. The highest BCUT2D eigenvalue weighted by Gasteiger charge is 2.60. The summed E-state index contributed by atoms with van der Waals surface area (Å²) in [6, 6.07) is 16.5. The van der Waals surface area contributed by atoms with Crippen LogP contribution in [-0.2, 0) is 46.7 Å². The topological polar surface area (TPSA) is 292 Å². The molecule has 0 aliphatic carbocycles. The first-order chi connectivity index (χ1) is 36.2. The van der Waals surface area contributed by atoms with E-state index in [1.807, 2.05) is 9.97 Å². The van der Waals surface area contributed by atoms with Gasteiger partial charge in [-0.1, -0.05) is 50.2 Å². The van der Waals surface area contributed by atoms with E-state index in [1.54, 1.807) is 39.8 Å². The molecule has 0 saturated carbocycles. The number of nitrogens with one attached hydrogen (secondary N) is 2. The number of alkyl halides is 4. The van der Waals surface area contributed by atoms with Gasteiger partial charge in [-0.25, -0.2) is 36.3 Å². The smallest absolute Gasteiger partial charge is 0.380 e. The lowest BCUT2D eigenvalue weighted by molar-refractivity contribution is -0.152. The SMILES string of the molecule is [2H]C([2H])(OP(=O)(C[C@@H](C)C(=O)OC(C)C)Oc1ccccc1)[C@H]1O[C@@H](n2ccc(=O)[nH]c2=O)C(F)(CF)[C@H]1O.[2H]C([2H])(O[P@@](=O)(C[C@@H](C)C(=O)OC(C)C)Oc1ccccc1)[C@H]1O[C@@H](n2ccc(=O)[nH]c2=O)C(F)(CF)[C@H]1O. The number of nitrogens with zero attached hydrogens (tertiary/aromatic N) is 2. The van der Waals surface area contributed by atoms with Crippen molar-refractivity contribution in [1.82, 2.24) is 19.1 Å². The highest BCUT2D eigenvalue weighted by molar-refractivity contribution is 7.54. The summed E-state index contributed by atoms with van der Waals surface area (Å²) in [7, 11) is -9.30. The molecule has 4 heterocycles. The van der Waals surface area contributed by atoms with Gasteiger partial charge >= 0.3 is 38.5 Å². The molecule has 2 aromatic heterocycles. The summed E-state index contributed by atoms with van der Waals surface area (Å²) < 4.78 is 163. The number of para-hydroxylation sites is 2. The normalized spacial score (nSPS) is 27.2. The zero-order valence-corrected chi connectivity index (χ0v) is 42.2. The van der Waals surface area contributed by atoms with Crippen LogP contribution in [-0.4, -0.2) is 128 Å². The molecule has 0 spiro atoms. The number of benzene rings is 2. The lowest BCUT2D eigenvalue weighted by Gasteiger charge is -2.26. The Morgan fingerprint density at radius 1 is 0.649 bits per heavy atom.